The number of fused-ring (bicyclic) bond motifs is 1. The second-order valence-electron chi connectivity index (χ2n) is 7.54. The molecule has 2 saturated heterocycles. The fourth-order valence-electron chi connectivity index (χ4n) is 3.98. The minimum atomic E-state index is -0.0199. The van der Waals surface area contributed by atoms with E-state index in [0.29, 0.717) is 18.8 Å². The number of para-hydroxylation sites is 1. The number of hydrogen-bond acceptors (Lipinski definition) is 7. The molecular weight excluding hydrogens is 380 g/mol. The van der Waals surface area contributed by atoms with Gasteiger partial charge in [-0.15, -0.1) is 5.10 Å². The van der Waals surface area contributed by atoms with Gasteiger partial charge in [-0.3, -0.25) is 4.79 Å². The van der Waals surface area contributed by atoms with Crippen molar-refractivity contribution >= 4 is 28.3 Å². The van der Waals surface area contributed by atoms with Gasteiger partial charge >= 0.3 is 0 Å². The van der Waals surface area contributed by atoms with Gasteiger partial charge in [-0.25, -0.2) is 4.98 Å². The number of ether oxygens (including phenoxy) is 1. The summed E-state index contributed by atoms with van der Waals surface area (Å²) in [4.78, 5) is 23.8. The van der Waals surface area contributed by atoms with Crippen LogP contribution in [0.3, 0.4) is 0 Å². The Bertz CT molecular complexity index is 1040. The molecule has 8 heteroatoms. The monoisotopic (exact) mass is 404 g/mol. The van der Waals surface area contributed by atoms with Crippen molar-refractivity contribution in [2.75, 3.05) is 62.3 Å². The van der Waals surface area contributed by atoms with Gasteiger partial charge in [-0.2, -0.15) is 5.10 Å². The van der Waals surface area contributed by atoms with Gasteiger partial charge in [0.25, 0.3) is 5.91 Å². The Morgan fingerprint density at radius 3 is 2.53 bits per heavy atom. The van der Waals surface area contributed by atoms with Crippen LogP contribution < -0.4 is 9.80 Å². The maximum atomic E-state index is 12.9. The fourth-order valence-corrected chi connectivity index (χ4v) is 3.98. The van der Waals surface area contributed by atoms with Gasteiger partial charge in [0.05, 0.1) is 30.6 Å². The van der Waals surface area contributed by atoms with Crippen molar-refractivity contribution in [3.63, 3.8) is 0 Å². The summed E-state index contributed by atoms with van der Waals surface area (Å²) in [5, 5.41) is 9.56. The van der Waals surface area contributed by atoms with Crippen LogP contribution in [0.5, 0.6) is 0 Å². The predicted molar refractivity (Wildman–Crippen MR) is 115 cm³/mol. The highest BCUT2D eigenvalue weighted by molar-refractivity contribution is 5.95. The summed E-state index contributed by atoms with van der Waals surface area (Å²) in [6.07, 6.45) is 1.81. The van der Waals surface area contributed by atoms with E-state index < -0.39 is 0 Å². The Morgan fingerprint density at radius 2 is 1.70 bits per heavy atom. The molecule has 5 rings (SSSR count). The van der Waals surface area contributed by atoms with Crippen molar-refractivity contribution in [1.29, 1.82) is 0 Å². The Labute approximate surface area is 175 Å². The lowest BCUT2D eigenvalue weighted by atomic mass is 10.2. The van der Waals surface area contributed by atoms with E-state index in [9.17, 15) is 4.79 Å². The number of aromatic nitrogens is 3. The Hall–Kier alpha value is -3.26. The highest BCUT2D eigenvalue weighted by atomic mass is 16.5. The van der Waals surface area contributed by atoms with Gasteiger partial charge in [0.2, 0.25) is 0 Å². The number of benzene rings is 1. The molecule has 154 valence electrons. The highest BCUT2D eigenvalue weighted by Crippen LogP contribution is 2.21. The van der Waals surface area contributed by atoms with Crippen LogP contribution in [-0.2, 0) is 4.74 Å². The number of anilines is 2. The third-order valence-electron chi connectivity index (χ3n) is 5.71. The number of hydrogen-bond donors (Lipinski definition) is 0. The van der Waals surface area contributed by atoms with E-state index in [1.165, 1.54) is 0 Å². The third kappa shape index (κ3) is 3.78. The molecule has 0 saturated carbocycles. The molecule has 0 bridgehead atoms. The van der Waals surface area contributed by atoms with Crippen LogP contribution >= 0.6 is 0 Å². The number of carbonyl (C=O) groups is 1. The lowest BCUT2D eigenvalue weighted by Crippen LogP contribution is -2.49. The van der Waals surface area contributed by atoms with Gasteiger partial charge in [-0.1, -0.05) is 24.3 Å². The van der Waals surface area contributed by atoms with E-state index in [2.05, 4.69) is 31.0 Å². The van der Waals surface area contributed by atoms with Gasteiger partial charge in [0.15, 0.2) is 5.82 Å². The van der Waals surface area contributed by atoms with Crippen LogP contribution in [0.2, 0.25) is 0 Å². The average Bonchev–Trinajstić information content (AvgIpc) is 2.84. The Balaban J connectivity index is 1.25. The maximum Gasteiger partial charge on any atom is 0.272 e. The lowest BCUT2D eigenvalue weighted by molar-refractivity contribution is 0.0741. The van der Waals surface area contributed by atoms with Crippen molar-refractivity contribution in [3.8, 4) is 0 Å². The largest absolute Gasteiger partial charge is 0.378 e. The van der Waals surface area contributed by atoms with E-state index in [-0.39, 0.29) is 5.91 Å². The first-order valence-electron chi connectivity index (χ1n) is 10.3. The standard InChI is InChI=1S/C22H24N6O2/c29-22(20-6-5-17-3-1-2-4-19(17)24-20)28-9-7-27(8-10-28)21-15-18(16-23-25-21)26-11-13-30-14-12-26/h1-6,15-16H,7-14H2. The molecule has 0 N–H and O–H groups in total. The molecule has 2 aromatic heterocycles. The van der Waals surface area contributed by atoms with E-state index in [1.54, 1.807) is 6.20 Å². The predicted octanol–water partition coefficient (Wildman–Crippen LogP) is 1.82. The molecule has 2 aliphatic rings. The van der Waals surface area contributed by atoms with E-state index in [1.807, 2.05) is 41.3 Å². The van der Waals surface area contributed by atoms with Crippen molar-refractivity contribution in [2.24, 2.45) is 0 Å². The normalized spacial score (nSPS) is 17.4. The molecule has 30 heavy (non-hydrogen) atoms. The lowest BCUT2D eigenvalue weighted by Gasteiger charge is -2.35. The van der Waals surface area contributed by atoms with Crippen molar-refractivity contribution in [3.05, 3.63) is 54.4 Å². The quantitative estimate of drug-likeness (QED) is 0.659. The summed E-state index contributed by atoms with van der Waals surface area (Å²) >= 11 is 0. The summed E-state index contributed by atoms with van der Waals surface area (Å²) in [6, 6.07) is 13.7. The zero-order valence-electron chi connectivity index (χ0n) is 16.8. The molecule has 1 amide bonds. The van der Waals surface area contributed by atoms with E-state index in [0.717, 1.165) is 61.8 Å². The van der Waals surface area contributed by atoms with Crippen LogP contribution in [0.1, 0.15) is 10.5 Å². The van der Waals surface area contributed by atoms with Gasteiger partial charge in [0, 0.05) is 50.7 Å². The van der Waals surface area contributed by atoms with Crippen LogP contribution in [-0.4, -0.2) is 78.5 Å². The van der Waals surface area contributed by atoms with Crippen LogP contribution in [0, 0.1) is 0 Å². The minimum Gasteiger partial charge on any atom is -0.378 e. The molecule has 4 heterocycles. The summed E-state index contributed by atoms with van der Waals surface area (Å²) in [7, 11) is 0. The first-order valence-corrected chi connectivity index (χ1v) is 10.3. The van der Waals surface area contributed by atoms with Gasteiger partial charge in [0.1, 0.15) is 5.69 Å². The molecule has 2 fully saturated rings. The fraction of sp³-hybridized carbons (Fsp3) is 0.364. The summed E-state index contributed by atoms with van der Waals surface area (Å²) < 4.78 is 5.43. The van der Waals surface area contributed by atoms with E-state index in [4.69, 9.17) is 4.74 Å². The van der Waals surface area contributed by atoms with Crippen LogP contribution in [0.4, 0.5) is 11.5 Å². The molecule has 0 unspecified atom stereocenters. The molecule has 8 nitrogen and oxygen atoms in total. The molecule has 3 aromatic rings. The SMILES string of the molecule is O=C(c1ccc2ccccc2n1)N1CCN(c2cc(N3CCOCC3)cnn2)CC1. The first kappa shape index (κ1) is 18.7. The molecule has 2 aliphatic heterocycles. The van der Waals surface area contributed by atoms with Crippen molar-refractivity contribution in [1.82, 2.24) is 20.1 Å². The number of piperazine rings is 1. The van der Waals surface area contributed by atoms with E-state index >= 15 is 0 Å². The van der Waals surface area contributed by atoms with Gasteiger partial charge < -0.3 is 19.4 Å². The zero-order chi connectivity index (χ0) is 20.3. The average molecular weight is 404 g/mol. The smallest absolute Gasteiger partial charge is 0.272 e. The molecular formula is C22H24N6O2. The van der Waals surface area contributed by atoms with Crippen molar-refractivity contribution in [2.45, 2.75) is 0 Å². The Kier molecular flexibility index (Phi) is 5.15. The summed E-state index contributed by atoms with van der Waals surface area (Å²) in [5.41, 5.74) is 2.41. The van der Waals surface area contributed by atoms with Crippen LogP contribution in [0.25, 0.3) is 10.9 Å². The molecule has 0 atom stereocenters. The molecule has 0 spiro atoms. The third-order valence-corrected chi connectivity index (χ3v) is 5.71. The maximum absolute atomic E-state index is 12.9. The number of amides is 1. The number of nitrogens with zero attached hydrogens (tertiary/aromatic N) is 6. The zero-order valence-corrected chi connectivity index (χ0v) is 16.8. The molecule has 0 radical (unpaired) electrons. The van der Waals surface area contributed by atoms with Crippen molar-refractivity contribution < 1.29 is 9.53 Å². The topological polar surface area (TPSA) is 74.7 Å². The van der Waals surface area contributed by atoms with Crippen LogP contribution in [0.15, 0.2) is 48.7 Å². The second-order valence-corrected chi connectivity index (χ2v) is 7.54. The minimum absolute atomic E-state index is 0.0199. The second kappa shape index (κ2) is 8.23. The first-order chi connectivity index (χ1) is 14.8. The molecule has 0 aliphatic carbocycles. The molecule has 1 aromatic carbocycles. The summed E-state index contributed by atoms with van der Waals surface area (Å²) in [5.74, 6) is 0.837. The summed E-state index contributed by atoms with van der Waals surface area (Å²) in [6.45, 7) is 5.93. The Morgan fingerprint density at radius 1 is 0.900 bits per heavy atom. The highest BCUT2D eigenvalue weighted by Gasteiger charge is 2.24. The number of rotatable bonds is 3. The number of carbonyl (C=O) groups excluding carboxylic acids is 1. The number of morpholine rings is 1. The van der Waals surface area contributed by atoms with Gasteiger partial charge in [-0.05, 0) is 12.1 Å². The number of pyridine rings is 1.